The third-order valence-corrected chi connectivity index (χ3v) is 5.48. The number of rotatable bonds is 5. The second kappa shape index (κ2) is 7.85. The lowest BCUT2D eigenvalue weighted by molar-refractivity contribution is -0.139. The Hall–Kier alpha value is -2.44. The minimum atomic E-state index is -0.705. The second-order valence-electron chi connectivity index (χ2n) is 7.18. The number of imide groups is 1. The van der Waals surface area contributed by atoms with Crippen molar-refractivity contribution in [1.82, 2.24) is 19.7 Å². The molecule has 26 heavy (non-hydrogen) atoms. The highest BCUT2D eigenvalue weighted by atomic mass is 16.2. The van der Waals surface area contributed by atoms with Crippen LogP contribution in [0.25, 0.3) is 0 Å². The van der Waals surface area contributed by atoms with Gasteiger partial charge in [-0.3, -0.25) is 19.5 Å². The molecule has 3 rings (SSSR count). The maximum Gasteiger partial charge on any atom is 0.326 e. The maximum atomic E-state index is 13.1. The highest BCUT2D eigenvalue weighted by Gasteiger charge is 2.42. The minimum Gasteiger partial charge on any atom is -0.335 e. The Kier molecular flexibility index (Phi) is 5.54. The lowest BCUT2D eigenvalue weighted by atomic mass is 9.93. The van der Waals surface area contributed by atoms with Crippen molar-refractivity contribution in [3.63, 3.8) is 0 Å². The van der Waals surface area contributed by atoms with Gasteiger partial charge in [0, 0.05) is 39.1 Å². The molecule has 7 heteroatoms. The zero-order chi connectivity index (χ0) is 18.7. The normalized spacial score (nSPS) is 21.4. The predicted molar refractivity (Wildman–Crippen MR) is 96.0 cm³/mol. The number of carbonyl (C=O) groups excluding carboxylic acids is 3. The van der Waals surface area contributed by atoms with E-state index in [1.54, 1.807) is 19.4 Å². The van der Waals surface area contributed by atoms with Crippen molar-refractivity contribution in [2.75, 3.05) is 14.1 Å². The van der Waals surface area contributed by atoms with E-state index < -0.39 is 6.04 Å². The van der Waals surface area contributed by atoms with Crippen molar-refractivity contribution in [2.24, 2.45) is 0 Å². The van der Waals surface area contributed by atoms with Crippen LogP contribution in [0.2, 0.25) is 0 Å². The number of nitrogens with zero attached hydrogens (tertiary/aromatic N) is 4. The van der Waals surface area contributed by atoms with Crippen molar-refractivity contribution >= 4 is 17.8 Å². The summed E-state index contributed by atoms with van der Waals surface area (Å²) in [6, 6.07) is 2.95. The Balaban J connectivity index is 1.76. The van der Waals surface area contributed by atoms with Gasteiger partial charge in [-0.15, -0.1) is 0 Å². The fraction of sp³-hybridized carbons (Fsp3) is 0.579. The molecule has 1 saturated carbocycles. The molecule has 0 spiro atoms. The SMILES string of the molecule is CN1C(=O)[C@@H](CC(=O)N(Cc2ccncc2)C2CCCCC2)N(C)C1=O. The molecule has 1 aromatic heterocycles. The van der Waals surface area contributed by atoms with Crippen molar-refractivity contribution in [3.8, 4) is 0 Å². The fourth-order valence-electron chi connectivity index (χ4n) is 3.86. The lowest BCUT2D eigenvalue weighted by Gasteiger charge is -2.35. The molecular weight excluding hydrogens is 332 g/mol. The molecule has 7 nitrogen and oxygen atoms in total. The second-order valence-corrected chi connectivity index (χ2v) is 7.18. The Morgan fingerprint density at radius 2 is 1.81 bits per heavy atom. The summed E-state index contributed by atoms with van der Waals surface area (Å²) in [4.78, 5) is 45.8. The van der Waals surface area contributed by atoms with E-state index in [1.165, 1.54) is 18.4 Å². The van der Waals surface area contributed by atoms with Crippen LogP contribution in [0.3, 0.4) is 0 Å². The summed E-state index contributed by atoms with van der Waals surface area (Å²) >= 11 is 0. The van der Waals surface area contributed by atoms with Crippen LogP contribution in [-0.4, -0.2) is 63.7 Å². The van der Waals surface area contributed by atoms with E-state index in [0.29, 0.717) is 6.54 Å². The molecular formula is C19H26N4O3. The zero-order valence-electron chi connectivity index (χ0n) is 15.4. The molecule has 1 aliphatic carbocycles. The fourth-order valence-corrected chi connectivity index (χ4v) is 3.86. The maximum absolute atomic E-state index is 13.1. The molecule has 1 aliphatic heterocycles. The van der Waals surface area contributed by atoms with Crippen molar-refractivity contribution in [2.45, 2.75) is 57.2 Å². The molecule has 0 unspecified atom stereocenters. The van der Waals surface area contributed by atoms with Crippen LogP contribution >= 0.6 is 0 Å². The third kappa shape index (κ3) is 3.71. The average Bonchev–Trinajstić information content (AvgIpc) is 2.85. The van der Waals surface area contributed by atoms with Crippen LogP contribution in [0.5, 0.6) is 0 Å². The number of carbonyl (C=O) groups is 3. The monoisotopic (exact) mass is 358 g/mol. The van der Waals surface area contributed by atoms with E-state index in [1.807, 2.05) is 17.0 Å². The number of amides is 4. The van der Waals surface area contributed by atoms with Gasteiger partial charge in [-0.2, -0.15) is 0 Å². The third-order valence-electron chi connectivity index (χ3n) is 5.48. The summed E-state index contributed by atoms with van der Waals surface area (Å²) in [7, 11) is 3.04. The van der Waals surface area contributed by atoms with Crippen molar-refractivity contribution in [3.05, 3.63) is 30.1 Å². The number of pyridine rings is 1. The largest absolute Gasteiger partial charge is 0.335 e. The zero-order valence-corrected chi connectivity index (χ0v) is 15.4. The molecule has 0 N–H and O–H groups in total. The van der Waals surface area contributed by atoms with Gasteiger partial charge >= 0.3 is 6.03 Å². The van der Waals surface area contributed by atoms with Crippen LogP contribution < -0.4 is 0 Å². The molecule has 2 fully saturated rings. The molecule has 1 saturated heterocycles. The smallest absolute Gasteiger partial charge is 0.326 e. The summed E-state index contributed by atoms with van der Waals surface area (Å²) in [6.07, 6.45) is 8.90. The number of urea groups is 1. The Bertz CT molecular complexity index is 673. The summed E-state index contributed by atoms with van der Waals surface area (Å²) < 4.78 is 0. The topological polar surface area (TPSA) is 73.8 Å². The predicted octanol–water partition coefficient (Wildman–Crippen LogP) is 2.03. The average molecular weight is 358 g/mol. The first kappa shape index (κ1) is 18.4. The van der Waals surface area contributed by atoms with Gasteiger partial charge < -0.3 is 9.80 Å². The first-order chi connectivity index (χ1) is 12.5. The minimum absolute atomic E-state index is 0.0347. The van der Waals surface area contributed by atoms with Gasteiger partial charge in [0.05, 0.1) is 6.42 Å². The van der Waals surface area contributed by atoms with E-state index >= 15 is 0 Å². The molecule has 2 aliphatic rings. The first-order valence-electron chi connectivity index (χ1n) is 9.21. The van der Waals surface area contributed by atoms with Crippen molar-refractivity contribution in [1.29, 1.82) is 0 Å². The van der Waals surface area contributed by atoms with Crippen LogP contribution in [0, 0.1) is 0 Å². The lowest BCUT2D eigenvalue weighted by Crippen LogP contribution is -2.44. The van der Waals surface area contributed by atoms with Crippen LogP contribution in [0.4, 0.5) is 4.79 Å². The summed E-state index contributed by atoms with van der Waals surface area (Å²) in [5, 5.41) is 0. The Morgan fingerprint density at radius 1 is 1.15 bits per heavy atom. The quantitative estimate of drug-likeness (QED) is 0.755. The highest BCUT2D eigenvalue weighted by molar-refractivity contribution is 6.05. The molecule has 2 heterocycles. The summed E-state index contributed by atoms with van der Waals surface area (Å²) in [5.74, 6) is -0.375. The molecule has 4 amide bonds. The molecule has 0 bridgehead atoms. The van der Waals surface area contributed by atoms with E-state index in [4.69, 9.17) is 0 Å². The number of aromatic nitrogens is 1. The van der Waals surface area contributed by atoms with Crippen LogP contribution in [0.15, 0.2) is 24.5 Å². The standard InChI is InChI=1S/C19H26N4O3/c1-21-16(18(25)22(2)19(21)26)12-17(24)23(15-6-4-3-5-7-15)13-14-8-10-20-11-9-14/h8-11,15-16H,3-7,12-13H2,1-2H3/t16-/m1/s1. The highest BCUT2D eigenvalue weighted by Crippen LogP contribution is 2.26. The number of hydrogen-bond acceptors (Lipinski definition) is 4. The molecule has 140 valence electrons. The molecule has 1 aromatic rings. The number of likely N-dealkylation sites (N-methyl/N-ethyl adjacent to an activating group) is 2. The van der Waals surface area contributed by atoms with Crippen LogP contribution in [0.1, 0.15) is 44.1 Å². The van der Waals surface area contributed by atoms with Gasteiger partial charge in [0.25, 0.3) is 5.91 Å². The van der Waals surface area contributed by atoms with Gasteiger partial charge in [-0.05, 0) is 30.5 Å². The summed E-state index contributed by atoms with van der Waals surface area (Å²) in [5.41, 5.74) is 1.03. The van der Waals surface area contributed by atoms with Gasteiger partial charge in [0.2, 0.25) is 5.91 Å². The molecule has 1 atom stereocenters. The first-order valence-corrected chi connectivity index (χ1v) is 9.21. The van der Waals surface area contributed by atoms with E-state index in [9.17, 15) is 14.4 Å². The van der Waals surface area contributed by atoms with Gasteiger partial charge in [-0.1, -0.05) is 19.3 Å². The Labute approximate surface area is 154 Å². The summed E-state index contributed by atoms with van der Waals surface area (Å²) in [6.45, 7) is 0.514. The molecule has 0 radical (unpaired) electrons. The van der Waals surface area contributed by atoms with Crippen LogP contribution in [-0.2, 0) is 16.1 Å². The van der Waals surface area contributed by atoms with Gasteiger partial charge in [-0.25, -0.2) is 4.79 Å². The van der Waals surface area contributed by atoms with E-state index in [-0.39, 0.29) is 30.3 Å². The van der Waals surface area contributed by atoms with E-state index in [0.717, 1.165) is 36.1 Å². The van der Waals surface area contributed by atoms with Crippen molar-refractivity contribution < 1.29 is 14.4 Å². The Morgan fingerprint density at radius 3 is 2.38 bits per heavy atom. The van der Waals surface area contributed by atoms with E-state index in [2.05, 4.69) is 4.98 Å². The number of hydrogen-bond donors (Lipinski definition) is 0. The van der Waals surface area contributed by atoms with Gasteiger partial charge in [0.1, 0.15) is 6.04 Å². The molecule has 0 aromatic carbocycles. The van der Waals surface area contributed by atoms with Gasteiger partial charge in [0.15, 0.2) is 0 Å².